The molecule has 0 bridgehead atoms. The fraction of sp³-hybridized carbons (Fsp3) is 0.409. The Kier molecular flexibility index (Phi) is 6.08. The van der Waals surface area contributed by atoms with Gasteiger partial charge in [-0.15, -0.1) is 0 Å². The van der Waals surface area contributed by atoms with Crippen LogP contribution in [-0.2, 0) is 14.8 Å². The second kappa shape index (κ2) is 8.35. The normalized spacial score (nSPS) is 17.4. The Balaban J connectivity index is 1.95. The van der Waals surface area contributed by atoms with Gasteiger partial charge in [0, 0.05) is 13.1 Å². The molecule has 1 atom stereocenters. The molecule has 0 aromatic heterocycles. The van der Waals surface area contributed by atoms with Crippen molar-refractivity contribution in [3.05, 3.63) is 59.7 Å². The lowest BCUT2D eigenvalue weighted by Gasteiger charge is -2.33. The highest BCUT2D eigenvalue weighted by molar-refractivity contribution is 7.92. The predicted molar refractivity (Wildman–Crippen MR) is 112 cm³/mol. The molecular weight excluding hydrogens is 372 g/mol. The smallest absolute Gasteiger partial charge is 0.264 e. The molecule has 1 saturated heterocycles. The lowest BCUT2D eigenvalue weighted by Crippen LogP contribution is -2.46. The zero-order valence-electron chi connectivity index (χ0n) is 16.8. The van der Waals surface area contributed by atoms with E-state index in [0.717, 1.165) is 24.0 Å². The molecule has 3 rings (SSSR count). The summed E-state index contributed by atoms with van der Waals surface area (Å²) in [6.45, 7) is 7.14. The Morgan fingerprint density at radius 1 is 1.11 bits per heavy atom. The molecule has 2 aromatic rings. The lowest BCUT2D eigenvalue weighted by molar-refractivity contribution is -0.131. The van der Waals surface area contributed by atoms with Crippen LogP contribution in [0.1, 0.15) is 30.9 Å². The van der Waals surface area contributed by atoms with E-state index < -0.39 is 10.0 Å². The van der Waals surface area contributed by atoms with Crippen molar-refractivity contribution in [2.45, 2.75) is 38.5 Å². The Hall–Kier alpha value is -2.34. The van der Waals surface area contributed by atoms with Crippen molar-refractivity contribution < 1.29 is 13.2 Å². The summed E-state index contributed by atoms with van der Waals surface area (Å²) in [4.78, 5) is 15.0. The van der Waals surface area contributed by atoms with Crippen molar-refractivity contribution in [2.24, 2.45) is 5.92 Å². The molecule has 0 radical (unpaired) electrons. The van der Waals surface area contributed by atoms with Gasteiger partial charge in [-0.3, -0.25) is 9.10 Å². The van der Waals surface area contributed by atoms with Crippen LogP contribution in [0, 0.1) is 19.8 Å². The SMILES string of the molecule is Cc1ccc(S(=O)(=O)N(CC(=O)N2CCC[C@@H](C)C2)c2cccc(C)c2)cc1. The summed E-state index contributed by atoms with van der Waals surface area (Å²) in [6.07, 6.45) is 2.06. The van der Waals surface area contributed by atoms with Gasteiger partial charge in [-0.05, 0) is 62.4 Å². The first-order chi connectivity index (χ1) is 13.3. The average Bonchev–Trinajstić information content (AvgIpc) is 2.66. The largest absolute Gasteiger partial charge is 0.341 e. The predicted octanol–water partition coefficient (Wildman–Crippen LogP) is 3.76. The number of rotatable bonds is 5. The number of anilines is 1. The van der Waals surface area contributed by atoms with E-state index >= 15 is 0 Å². The summed E-state index contributed by atoms with van der Waals surface area (Å²) in [6, 6.07) is 14.0. The van der Waals surface area contributed by atoms with E-state index in [-0.39, 0.29) is 17.3 Å². The standard InChI is InChI=1S/C22H28N2O3S/c1-17-9-11-21(12-10-17)28(26,27)24(20-8-4-6-18(2)14-20)16-22(25)23-13-5-7-19(3)15-23/h4,6,8-12,14,19H,5,7,13,15-16H2,1-3H3/t19-/m1/s1. The molecular formula is C22H28N2O3S. The van der Waals surface area contributed by atoms with E-state index in [4.69, 9.17) is 0 Å². The zero-order chi connectivity index (χ0) is 20.3. The molecule has 1 amide bonds. The minimum atomic E-state index is -3.85. The highest BCUT2D eigenvalue weighted by Crippen LogP contribution is 2.25. The van der Waals surface area contributed by atoms with Crippen LogP contribution in [0.2, 0.25) is 0 Å². The van der Waals surface area contributed by atoms with Gasteiger partial charge in [0.1, 0.15) is 6.54 Å². The van der Waals surface area contributed by atoms with Crippen molar-refractivity contribution in [3.63, 3.8) is 0 Å². The third kappa shape index (κ3) is 4.55. The monoisotopic (exact) mass is 400 g/mol. The van der Waals surface area contributed by atoms with Crippen molar-refractivity contribution >= 4 is 21.6 Å². The van der Waals surface area contributed by atoms with Crippen molar-refractivity contribution in [2.75, 3.05) is 23.9 Å². The van der Waals surface area contributed by atoms with Gasteiger partial charge in [-0.2, -0.15) is 0 Å². The number of nitrogens with zero attached hydrogens (tertiary/aromatic N) is 2. The van der Waals surface area contributed by atoms with Crippen LogP contribution < -0.4 is 4.31 Å². The lowest BCUT2D eigenvalue weighted by atomic mass is 10.0. The molecule has 0 aliphatic carbocycles. The number of carbonyl (C=O) groups excluding carboxylic acids is 1. The van der Waals surface area contributed by atoms with Gasteiger partial charge in [-0.1, -0.05) is 36.8 Å². The molecule has 28 heavy (non-hydrogen) atoms. The molecule has 0 spiro atoms. The first kappa shape index (κ1) is 20.4. The fourth-order valence-electron chi connectivity index (χ4n) is 3.57. The highest BCUT2D eigenvalue weighted by atomic mass is 32.2. The first-order valence-electron chi connectivity index (χ1n) is 9.71. The number of aryl methyl sites for hydroxylation is 2. The number of piperidine rings is 1. The summed E-state index contributed by atoms with van der Waals surface area (Å²) in [5, 5.41) is 0. The minimum Gasteiger partial charge on any atom is -0.341 e. The number of likely N-dealkylation sites (tertiary alicyclic amines) is 1. The van der Waals surface area contributed by atoms with Crippen LogP contribution in [-0.4, -0.2) is 38.9 Å². The van der Waals surface area contributed by atoms with E-state index in [1.165, 1.54) is 4.31 Å². The van der Waals surface area contributed by atoms with Crippen LogP contribution in [0.25, 0.3) is 0 Å². The highest BCUT2D eigenvalue weighted by Gasteiger charge is 2.30. The number of carbonyl (C=O) groups is 1. The quantitative estimate of drug-likeness (QED) is 0.768. The van der Waals surface area contributed by atoms with Crippen LogP contribution in [0.3, 0.4) is 0 Å². The second-order valence-electron chi connectivity index (χ2n) is 7.75. The molecule has 0 saturated carbocycles. The maximum Gasteiger partial charge on any atom is 0.264 e. The molecule has 1 heterocycles. The van der Waals surface area contributed by atoms with Gasteiger partial charge in [0.05, 0.1) is 10.6 Å². The Morgan fingerprint density at radius 2 is 1.82 bits per heavy atom. The van der Waals surface area contributed by atoms with Gasteiger partial charge in [0.25, 0.3) is 10.0 Å². The Labute approximate surface area is 168 Å². The van der Waals surface area contributed by atoms with E-state index in [0.29, 0.717) is 24.7 Å². The molecule has 1 aliphatic heterocycles. The number of hydrogen-bond donors (Lipinski definition) is 0. The van der Waals surface area contributed by atoms with Crippen LogP contribution in [0.4, 0.5) is 5.69 Å². The van der Waals surface area contributed by atoms with Gasteiger partial charge < -0.3 is 4.90 Å². The Morgan fingerprint density at radius 3 is 2.46 bits per heavy atom. The maximum atomic E-state index is 13.4. The molecule has 0 unspecified atom stereocenters. The van der Waals surface area contributed by atoms with Gasteiger partial charge >= 0.3 is 0 Å². The topological polar surface area (TPSA) is 57.7 Å². The third-order valence-electron chi connectivity index (χ3n) is 5.19. The first-order valence-corrected chi connectivity index (χ1v) is 11.2. The molecule has 1 fully saturated rings. The fourth-order valence-corrected chi connectivity index (χ4v) is 4.98. The minimum absolute atomic E-state index is 0.149. The molecule has 0 N–H and O–H groups in total. The van der Waals surface area contributed by atoms with Gasteiger partial charge in [0.15, 0.2) is 0 Å². The summed E-state index contributed by atoms with van der Waals surface area (Å²) >= 11 is 0. The molecule has 150 valence electrons. The number of hydrogen-bond acceptors (Lipinski definition) is 3. The summed E-state index contributed by atoms with van der Waals surface area (Å²) < 4.78 is 28.0. The third-order valence-corrected chi connectivity index (χ3v) is 6.98. The summed E-state index contributed by atoms with van der Waals surface area (Å²) in [7, 11) is -3.85. The number of sulfonamides is 1. The molecule has 6 heteroatoms. The van der Waals surface area contributed by atoms with Gasteiger partial charge in [0.2, 0.25) is 5.91 Å². The van der Waals surface area contributed by atoms with Crippen LogP contribution in [0.15, 0.2) is 53.4 Å². The zero-order valence-corrected chi connectivity index (χ0v) is 17.6. The van der Waals surface area contributed by atoms with Crippen LogP contribution in [0.5, 0.6) is 0 Å². The van der Waals surface area contributed by atoms with E-state index in [1.807, 2.05) is 26.0 Å². The maximum absolute atomic E-state index is 13.4. The van der Waals surface area contributed by atoms with E-state index in [1.54, 1.807) is 41.3 Å². The van der Waals surface area contributed by atoms with Crippen LogP contribution >= 0.6 is 0 Å². The van der Waals surface area contributed by atoms with Crippen molar-refractivity contribution in [1.82, 2.24) is 4.90 Å². The second-order valence-corrected chi connectivity index (χ2v) is 9.61. The summed E-state index contributed by atoms with van der Waals surface area (Å²) in [5.41, 5.74) is 2.44. The van der Waals surface area contributed by atoms with Crippen molar-refractivity contribution in [3.8, 4) is 0 Å². The van der Waals surface area contributed by atoms with Gasteiger partial charge in [-0.25, -0.2) is 8.42 Å². The molecule has 1 aliphatic rings. The van der Waals surface area contributed by atoms with Crippen molar-refractivity contribution in [1.29, 1.82) is 0 Å². The average molecular weight is 401 g/mol. The molecule has 5 nitrogen and oxygen atoms in total. The summed E-state index contributed by atoms with van der Waals surface area (Å²) in [5.74, 6) is 0.294. The number of amides is 1. The Bertz CT molecular complexity index is 939. The molecule has 2 aromatic carbocycles. The van der Waals surface area contributed by atoms with E-state index in [9.17, 15) is 13.2 Å². The van der Waals surface area contributed by atoms with E-state index in [2.05, 4.69) is 6.92 Å². The number of benzene rings is 2.